The van der Waals surface area contributed by atoms with Gasteiger partial charge in [-0.25, -0.2) is 0 Å². The van der Waals surface area contributed by atoms with Crippen molar-refractivity contribution in [2.45, 2.75) is 24.8 Å². The fourth-order valence-electron chi connectivity index (χ4n) is 2.80. The topological polar surface area (TPSA) is 26.0 Å². The molecule has 0 bridgehead atoms. The number of fused-ring (bicyclic) bond motifs is 1. The second-order valence-corrected chi connectivity index (χ2v) is 6.50. The van der Waals surface area contributed by atoms with Crippen LogP contribution in [0.3, 0.4) is 0 Å². The van der Waals surface area contributed by atoms with Crippen molar-refractivity contribution in [1.29, 1.82) is 0 Å². The van der Waals surface area contributed by atoms with Crippen LogP contribution in [0.4, 0.5) is 0 Å². The Kier molecular flexibility index (Phi) is 3.66. The Morgan fingerprint density at radius 1 is 1.26 bits per heavy atom. The predicted octanol–water partition coefficient (Wildman–Crippen LogP) is 4.83. The molecule has 0 amide bonds. The molecule has 0 radical (unpaired) electrons. The summed E-state index contributed by atoms with van der Waals surface area (Å²) < 4.78 is 0.986. The standard InChI is InChI=1S/C16H15BrClN/c17-13-6-12(7-14(18)9-13)16(19)8-11-5-10-3-1-2-4-15(10)11/h1-4,6-7,9,11,16H,5,8,19H2. The Hall–Kier alpha value is -0.830. The molecule has 0 aliphatic heterocycles. The molecule has 3 rings (SSSR count). The molecule has 3 heteroatoms. The number of benzene rings is 2. The van der Waals surface area contributed by atoms with E-state index in [1.165, 1.54) is 11.1 Å². The minimum Gasteiger partial charge on any atom is -0.324 e. The molecule has 0 fully saturated rings. The van der Waals surface area contributed by atoms with Gasteiger partial charge < -0.3 is 5.73 Å². The molecule has 0 aromatic heterocycles. The van der Waals surface area contributed by atoms with Gasteiger partial charge >= 0.3 is 0 Å². The van der Waals surface area contributed by atoms with Crippen LogP contribution in [0.15, 0.2) is 46.9 Å². The fourth-order valence-corrected chi connectivity index (χ4v) is 3.69. The lowest BCUT2D eigenvalue weighted by molar-refractivity contribution is 0.498. The van der Waals surface area contributed by atoms with E-state index in [-0.39, 0.29) is 6.04 Å². The van der Waals surface area contributed by atoms with E-state index in [1.807, 2.05) is 12.1 Å². The van der Waals surface area contributed by atoms with Crippen LogP contribution in [0.1, 0.15) is 35.1 Å². The van der Waals surface area contributed by atoms with Gasteiger partial charge in [0.25, 0.3) is 0 Å². The molecule has 1 nitrogen and oxygen atoms in total. The average Bonchev–Trinajstić information content (AvgIpc) is 2.34. The van der Waals surface area contributed by atoms with Crippen LogP contribution >= 0.6 is 27.5 Å². The van der Waals surface area contributed by atoms with E-state index in [0.717, 1.165) is 27.9 Å². The minimum absolute atomic E-state index is 0.0355. The molecular weight excluding hydrogens is 322 g/mol. The van der Waals surface area contributed by atoms with Crippen LogP contribution in [0.25, 0.3) is 0 Å². The lowest BCUT2D eigenvalue weighted by atomic mass is 9.74. The van der Waals surface area contributed by atoms with E-state index in [4.69, 9.17) is 17.3 Å². The van der Waals surface area contributed by atoms with E-state index in [0.29, 0.717) is 5.92 Å². The SMILES string of the molecule is NC(CC1Cc2ccccc21)c1cc(Cl)cc(Br)c1. The van der Waals surface area contributed by atoms with Gasteiger partial charge in [-0.15, -0.1) is 0 Å². The summed E-state index contributed by atoms with van der Waals surface area (Å²) in [4.78, 5) is 0. The van der Waals surface area contributed by atoms with Gasteiger partial charge in [0, 0.05) is 15.5 Å². The number of rotatable bonds is 3. The maximum absolute atomic E-state index is 6.32. The summed E-state index contributed by atoms with van der Waals surface area (Å²) in [5, 5.41) is 0.730. The third-order valence-electron chi connectivity index (χ3n) is 3.81. The van der Waals surface area contributed by atoms with Gasteiger partial charge in [-0.2, -0.15) is 0 Å². The highest BCUT2D eigenvalue weighted by Gasteiger charge is 2.27. The summed E-state index contributed by atoms with van der Waals surface area (Å²) in [7, 11) is 0. The van der Waals surface area contributed by atoms with Crippen LogP contribution in [-0.4, -0.2) is 0 Å². The predicted molar refractivity (Wildman–Crippen MR) is 83.6 cm³/mol. The molecule has 2 unspecified atom stereocenters. The molecule has 2 aromatic carbocycles. The normalized spacial score (nSPS) is 18.6. The van der Waals surface area contributed by atoms with Gasteiger partial charge in [0.2, 0.25) is 0 Å². The Morgan fingerprint density at radius 2 is 2.05 bits per heavy atom. The van der Waals surface area contributed by atoms with Crippen molar-refractivity contribution < 1.29 is 0 Å². The zero-order chi connectivity index (χ0) is 13.4. The summed E-state index contributed by atoms with van der Waals surface area (Å²) in [6.45, 7) is 0. The van der Waals surface area contributed by atoms with Gasteiger partial charge in [-0.1, -0.05) is 51.8 Å². The Labute approximate surface area is 126 Å². The van der Waals surface area contributed by atoms with Crippen LogP contribution in [0.5, 0.6) is 0 Å². The van der Waals surface area contributed by atoms with Crippen LogP contribution < -0.4 is 5.73 Å². The van der Waals surface area contributed by atoms with Crippen molar-refractivity contribution >= 4 is 27.5 Å². The lowest BCUT2D eigenvalue weighted by Crippen LogP contribution is -2.22. The van der Waals surface area contributed by atoms with E-state index in [9.17, 15) is 0 Å². The molecule has 2 atom stereocenters. The van der Waals surface area contributed by atoms with E-state index in [1.54, 1.807) is 0 Å². The highest BCUT2D eigenvalue weighted by atomic mass is 79.9. The molecule has 98 valence electrons. The first-order valence-corrected chi connectivity index (χ1v) is 7.60. The first kappa shape index (κ1) is 13.2. The van der Waals surface area contributed by atoms with Crippen molar-refractivity contribution in [3.8, 4) is 0 Å². The summed E-state index contributed by atoms with van der Waals surface area (Å²) in [5.41, 5.74) is 10.3. The molecule has 19 heavy (non-hydrogen) atoms. The van der Waals surface area contributed by atoms with Crippen molar-refractivity contribution in [3.05, 3.63) is 68.7 Å². The van der Waals surface area contributed by atoms with Crippen molar-refractivity contribution in [3.63, 3.8) is 0 Å². The highest BCUT2D eigenvalue weighted by Crippen LogP contribution is 2.40. The largest absolute Gasteiger partial charge is 0.324 e. The van der Waals surface area contributed by atoms with Gasteiger partial charge in [-0.3, -0.25) is 0 Å². The smallest absolute Gasteiger partial charge is 0.0420 e. The Balaban J connectivity index is 1.74. The number of halogens is 2. The molecule has 0 heterocycles. The summed E-state index contributed by atoms with van der Waals surface area (Å²) in [6, 6.07) is 14.6. The summed E-state index contributed by atoms with van der Waals surface area (Å²) >= 11 is 9.54. The molecule has 0 spiro atoms. The monoisotopic (exact) mass is 335 g/mol. The second-order valence-electron chi connectivity index (χ2n) is 5.14. The quantitative estimate of drug-likeness (QED) is 0.853. The first-order chi connectivity index (χ1) is 9.13. The first-order valence-electron chi connectivity index (χ1n) is 6.43. The van der Waals surface area contributed by atoms with Crippen LogP contribution in [0.2, 0.25) is 5.02 Å². The fraction of sp³-hybridized carbons (Fsp3) is 0.250. The highest BCUT2D eigenvalue weighted by molar-refractivity contribution is 9.10. The van der Waals surface area contributed by atoms with Crippen LogP contribution in [0, 0.1) is 0 Å². The summed E-state index contributed by atoms with van der Waals surface area (Å²) in [6.07, 6.45) is 2.12. The van der Waals surface area contributed by atoms with Gasteiger partial charge in [0.05, 0.1) is 0 Å². The van der Waals surface area contributed by atoms with E-state index >= 15 is 0 Å². The van der Waals surface area contributed by atoms with Gasteiger partial charge in [0.1, 0.15) is 0 Å². The average molecular weight is 337 g/mol. The molecule has 1 aliphatic rings. The number of nitrogens with two attached hydrogens (primary N) is 1. The van der Waals surface area contributed by atoms with Crippen molar-refractivity contribution in [2.75, 3.05) is 0 Å². The molecule has 0 saturated carbocycles. The Morgan fingerprint density at radius 3 is 2.79 bits per heavy atom. The maximum Gasteiger partial charge on any atom is 0.0420 e. The van der Waals surface area contributed by atoms with Crippen molar-refractivity contribution in [1.82, 2.24) is 0 Å². The van der Waals surface area contributed by atoms with E-state index in [2.05, 4.69) is 46.3 Å². The third kappa shape index (κ3) is 2.71. The van der Waals surface area contributed by atoms with Gasteiger partial charge in [-0.05, 0) is 53.6 Å². The molecule has 2 aromatic rings. The Bertz CT molecular complexity index is 591. The minimum atomic E-state index is 0.0355. The molecule has 1 aliphatic carbocycles. The van der Waals surface area contributed by atoms with Crippen molar-refractivity contribution in [2.24, 2.45) is 5.73 Å². The molecule has 0 saturated heterocycles. The molecule has 2 N–H and O–H groups in total. The molecular formula is C16H15BrClN. The van der Waals surface area contributed by atoms with Gasteiger partial charge in [0.15, 0.2) is 0 Å². The number of hydrogen-bond donors (Lipinski definition) is 1. The summed E-state index contributed by atoms with van der Waals surface area (Å²) in [5.74, 6) is 0.587. The van der Waals surface area contributed by atoms with E-state index < -0.39 is 0 Å². The zero-order valence-corrected chi connectivity index (χ0v) is 12.8. The number of hydrogen-bond acceptors (Lipinski definition) is 1. The van der Waals surface area contributed by atoms with Crippen LogP contribution in [-0.2, 0) is 6.42 Å². The second kappa shape index (κ2) is 5.28. The zero-order valence-electron chi connectivity index (χ0n) is 10.4. The third-order valence-corrected chi connectivity index (χ3v) is 4.49. The maximum atomic E-state index is 6.32. The lowest BCUT2D eigenvalue weighted by Gasteiger charge is -2.32.